The summed E-state index contributed by atoms with van der Waals surface area (Å²) in [4.78, 5) is 27.1. The second-order valence-corrected chi connectivity index (χ2v) is 7.06. The van der Waals surface area contributed by atoms with Gasteiger partial charge in [0.15, 0.2) is 6.61 Å². The summed E-state index contributed by atoms with van der Waals surface area (Å²) in [5.74, 6) is 0.468. The van der Waals surface area contributed by atoms with Crippen LogP contribution in [0.1, 0.15) is 23.4 Å². The lowest BCUT2D eigenvalue weighted by Crippen LogP contribution is -2.40. The molecular formula is C19H17NO4S. The lowest BCUT2D eigenvalue weighted by molar-refractivity contribution is -0.135. The SMILES string of the molecule is C[C@H]1c2ccsc2CCN1C(=O)COc1ccc2ccc(=O)oc2c1. The standard InChI is InChI=1S/C19H17NO4S/c1-12-15-7-9-25-17(15)6-8-20(12)18(21)11-23-14-4-2-13-3-5-19(22)24-16(13)10-14/h2-5,7,9-10,12H,6,8,11H2,1H3/t12-/m0/s1. The number of ether oxygens (including phenoxy) is 1. The number of carbonyl (C=O) groups is 1. The van der Waals surface area contributed by atoms with E-state index in [1.165, 1.54) is 16.5 Å². The summed E-state index contributed by atoms with van der Waals surface area (Å²) in [5.41, 5.74) is 1.28. The molecule has 0 saturated carbocycles. The Morgan fingerprint density at radius 2 is 2.16 bits per heavy atom. The first-order valence-electron chi connectivity index (χ1n) is 8.14. The van der Waals surface area contributed by atoms with Gasteiger partial charge in [-0.1, -0.05) is 0 Å². The molecular weight excluding hydrogens is 338 g/mol. The summed E-state index contributed by atoms with van der Waals surface area (Å²) in [5, 5.41) is 2.89. The molecule has 0 unspecified atom stereocenters. The van der Waals surface area contributed by atoms with Gasteiger partial charge in [-0.25, -0.2) is 4.79 Å². The molecule has 0 spiro atoms. The molecule has 0 radical (unpaired) electrons. The van der Waals surface area contributed by atoms with Gasteiger partial charge < -0.3 is 14.1 Å². The van der Waals surface area contributed by atoms with Crippen LogP contribution in [-0.2, 0) is 11.2 Å². The van der Waals surface area contributed by atoms with Crippen LogP contribution in [0.5, 0.6) is 5.75 Å². The van der Waals surface area contributed by atoms with Gasteiger partial charge in [0.1, 0.15) is 11.3 Å². The molecule has 6 heteroatoms. The lowest BCUT2D eigenvalue weighted by Gasteiger charge is -2.33. The Morgan fingerprint density at radius 3 is 3.04 bits per heavy atom. The summed E-state index contributed by atoms with van der Waals surface area (Å²) in [6.45, 7) is 2.73. The fourth-order valence-electron chi connectivity index (χ4n) is 3.21. The zero-order chi connectivity index (χ0) is 17.4. The lowest BCUT2D eigenvalue weighted by atomic mass is 10.0. The first-order valence-corrected chi connectivity index (χ1v) is 9.02. The Hall–Kier alpha value is -2.60. The van der Waals surface area contributed by atoms with Crippen molar-refractivity contribution in [3.63, 3.8) is 0 Å². The van der Waals surface area contributed by atoms with E-state index in [-0.39, 0.29) is 18.6 Å². The number of benzene rings is 1. The molecule has 1 aromatic carbocycles. The summed E-state index contributed by atoms with van der Waals surface area (Å²) in [6.07, 6.45) is 0.893. The summed E-state index contributed by atoms with van der Waals surface area (Å²) < 4.78 is 10.8. The summed E-state index contributed by atoms with van der Waals surface area (Å²) in [6, 6.07) is 10.5. The minimum atomic E-state index is -0.408. The van der Waals surface area contributed by atoms with Crippen molar-refractivity contribution in [3.05, 3.63) is 62.6 Å². The van der Waals surface area contributed by atoms with Crippen LogP contribution in [0.4, 0.5) is 0 Å². The van der Waals surface area contributed by atoms with Crippen LogP contribution in [0.3, 0.4) is 0 Å². The molecule has 0 saturated heterocycles. The fraction of sp³-hybridized carbons (Fsp3) is 0.263. The fourth-order valence-corrected chi connectivity index (χ4v) is 4.17. The molecule has 1 atom stereocenters. The Balaban J connectivity index is 1.46. The predicted molar refractivity (Wildman–Crippen MR) is 96.1 cm³/mol. The quantitative estimate of drug-likeness (QED) is 0.676. The van der Waals surface area contributed by atoms with Crippen molar-refractivity contribution in [3.8, 4) is 5.75 Å². The second kappa shape index (κ2) is 6.37. The highest BCUT2D eigenvalue weighted by Crippen LogP contribution is 2.32. The molecule has 0 fully saturated rings. The number of nitrogens with zero attached hydrogens (tertiary/aromatic N) is 1. The molecule has 0 bridgehead atoms. The number of thiophene rings is 1. The summed E-state index contributed by atoms with van der Waals surface area (Å²) in [7, 11) is 0. The molecule has 128 valence electrons. The van der Waals surface area contributed by atoms with Crippen LogP contribution in [-0.4, -0.2) is 24.0 Å². The molecule has 1 aliphatic rings. The molecule has 0 aliphatic carbocycles. The Morgan fingerprint density at radius 1 is 1.32 bits per heavy atom. The van der Waals surface area contributed by atoms with Crippen molar-refractivity contribution < 1.29 is 13.9 Å². The van der Waals surface area contributed by atoms with Gasteiger partial charge in [-0.05, 0) is 48.6 Å². The van der Waals surface area contributed by atoms with E-state index in [0.29, 0.717) is 17.9 Å². The Kier molecular flexibility index (Phi) is 4.05. The molecule has 3 aromatic rings. The van der Waals surface area contributed by atoms with Gasteiger partial charge in [0, 0.05) is 28.9 Å². The molecule has 2 aromatic heterocycles. The van der Waals surface area contributed by atoms with Crippen LogP contribution < -0.4 is 10.4 Å². The van der Waals surface area contributed by atoms with Gasteiger partial charge in [-0.2, -0.15) is 0 Å². The van der Waals surface area contributed by atoms with E-state index < -0.39 is 5.63 Å². The first kappa shape index (κ1) is 15.9. The van der Waals surface area contributed by atoms with Crippen molar-refractivity contribution in [2.24, 2.45) is 0 Å². The van der Waals surface area contributed by atoms with E-state index in [1.54, 1.807) is 35.6 Å². The van der Waals surface area contributed by atoms with Crippen molar-refractivity contribution in [2.75, 3.05) is 13.2 Å². The average molecular weight is 355 g/mol. The molecule has 3 heterocycles. The molecule has 1 amide bonds. The second-order valence-electron chi connectivity index (χ2n) is 6.05. The average Bonchev–Trinajstić information content (AvgIpc) is 3.09. The number of amides is 1. The van der Waals surface area contributed by atoms with E-state index in [0.717, 1.165) is 11.8 Å². The van der Waals surface area contributed by atoms with Crippen molar-refractivity contribution in [2.45, 2.75) is 19.4 Å². The maximum atomic E-state index is 12.6. The van der Waals surface area contributed by atoms with Crippen LogP contribution >= 0.6 is 11.3 Å². The maximum Gasteiger partial charge on any atom is 0.336 e. The van der Waals surface area contributed by atoms with Gasteiger partial charge in [0.25, 0.3) is 5.91 Å². The number of fused-ring (bicyclic) bond motifs is 2. The van der Waals surface area contributed by atoms with Crippen molar-refractivity contribution >= 4 is 28.2 Å². The molecule has 25 heavy (non-hydrogen) atoms. The van der Waals surface area contributed by atoms with Gasteiger partial charge in [-0.15, -0.1) is 11.3 Å². The maximum absolute atomic E-state index is 12.6. The molecule has 4 rings (SSSR count). The van der Waals surface area contributed by atoms with Crippen LogP contribution in [0, 0.1) is 0 Å². The third kappa shape index (κ3) is 3.05. The van der Waals surface area contributed by atoms with Crippen LogP contribution in [0.2, 0.25) is 0 Å². The van der Waals surface area contributed by atoms with E-state index in [9.17, 15) is 9.59 Å². The zero-order valence-electron chi connectivity index (χ0n) is 13.7. The van der Waals surface area contributed by atoms with E-state index >= 15 is 0 Å². The predicted octanol–water partition coefficient (Wildman–Crippen LogP) is 3.38. The minimum Gasteiger partial charge on any atom is -0.484 e. The minimum absolute atomic E-state index is 0.0353. The van der Waals surface area contributed by atoms with E-state index in [1.807, 2.05) is 11.8 Å². The van der Waals surface area contributed by atoms with Gasteiger partial charge in [0.2, 0.25) is 0 Å². The highest BCUT2D eigenvalue weighted by molar-refractivity contribution is 7.10. The van der Waals surface area contributed by atoms with Crippen LogP contribution in [0.15, 0.2) is 51.0 Å². The number of carbonyl (C=O) groups excluding carboxylic acids is 1. The number of hydrogen-bond acceptors (Lipinski definition) is 5. The summed E-state index contributed by atoms with van der Waals surface area (Å²) >= 11 is 1.75. The topological polar surface area (TPSA) is 59.8 Å². The molecule has 5 nitrogen and oxygen atoms in total. The van der Waals surface area contributed by atoms with Crippen molar-refractivity contribution in [1.29, 1.82) is 0 Å². The highest BCUT2D eigenvalue weighted by Gasteiger charge is 2.28. The number of hydrogen-bond donors (Lipinski definition) is 0. The Labute approximate surface area is 148 Å². The van der Waals surface area contributed by atoms with Gasteiger partial charge in [-0.3, -0.25) is 4.79 Å². The van der Waals surface area contributed by atoms with Gasteiger partial charge in [0.05, 0.1) is 6.04 Å². The van der Waals surface area contributed by atoms with E-state index in [2.05, 4.69) is 11.4 Å². The van der Waals surface area contributed by atoms with Gasteiger partial charge >= 0.3 is 5.63 Å². The third-order valence-electron chi connectivity index (χ3n) is 4.55. The van der Waals surface area contributed by atoms with E-state index in [4.69, 9.17) is 9.15 Å². The Bertz CT molecular complexity index is 990. The first-order chi connectivity index (χ1) is 12.1. The zero-order valence-corrected chi connectivity index (χ0v) is 14.5. The monoisotopic (exact) mass is 355 g/mol. The normalized spacial score (nSPS) is 16.7. The third-order valence-corrected chi connectivity index (χ3v) is 5.55. The highest BCUT2D eigenvalue weighted by atomic mass is 32.1. The number of rotatable bonds is 3. The van der Waals surface area contributed by atoms with Crippen LogP contribution in [0.25, 0.3) is 11.0 Å². The largest absolute Gasteiger partial charge is 0.484 e. The molecule has 1 aliphatic heterocycles. The van der Waals surface area contributed by atoms with Crippen molar-refractivity contribution in [1.82, 2.24) is 4.90 Å². The smallest absolute Gasteiger partial charge is 0.336 e. The molecule has 0 N–H and O–H groups in total.